The van der Waals surface area contributed by atoms with Crippen LogP contribution < -0.4 is 0 Å². The van der Waals surface area contributed by atoms with E-state index in [1.807, 2.05) is 0 Å². The first-order valence-corrected chi connectivity index (χ1v) is 4.77. The molecule has 0 aromatic carbocycles. The van der Waals surface area contributed by atoms with Gasteiger partial charge in [-0.15, -0.1) is 0 Å². The van der Waals surface area contributed by atoms with E-state index in [9.17, 15) is 4.79 Å². The topological polar surface area (TPSA) is 49.8 Å². The lowest BCUT2D eigenvalue weighted by molar-refractivity contribution is -0.137. The minimum absolute atomic E-state index is 0.264. The molecule has 1 N–H and O–H groups in total. The summed E-state index contributed by atoms with van der Waals surface area (Å²) in [5.74, 6) is 0.621. The zero-order valence-electron chi connectivity index (χ0n) is 7.61. The van der Waals surface area contributed by atoms with Crippen molar-refractivity contribution in [2.75, 3.05) is 32.8 Å². The summed E-state index contributed by atoms with van der Waals surface area (Å²) in [5, 5.41) is 8.53. The second-order valence-corrected chi connectivity index (χ2v) is 3.96. The molecule has 4 nitrogen and oxygen atoms in total. The predicted molar refractivity (Wildman–Crippen MR) is 46.5 cm³/mol. The van der Waals surface area contributed by atoms with Crippen molar-refractivity contribution in [3.05, 3.63) is 0 Å². The third-order valence-corrected chi connectivity index (χ3v) is 2.96. The summed E-state index contributed by atoms with van der Waals surface area (Å²) in [5.41, 5.74) is 0. The highest BCUT2D eigenvalue weighted by Gasteiger charge is 2.36. The Labute approximate surface area is 77.5 Å². The SMILES string of the molecule is O=C(O)CCN1CC2COCC2C1. The van der Waals surface area contributed by atoms with Crippen LogP contribution in [0.2, 0.25) is 0 Å². The summed E-state index contributed by atoms with van der Waals surface area (Å²) in [7, 11) is 0. The van der Waals surface area contributed by atoms with Crippen molar-refractivity contribution in [2.45, 2.75) is 6.42 Å². The Morgan fingerprint density at radius 2 is 2.00 bits per heavy atom. The maximum Gasteiger partial charge on any atom is 0.304 e. The smallest absolute Gasteiger partial charge is 0.304 e. The van der Waals surface area contributed by atoms with Crippen LogP contribution in [-0.4, -0.2) is 48.8 Å². The normalized spacial score (nSPS) is 33.5. The summed E-state index contributed by atoms with van der Waals surface area (Å²) in [6, 6.07) is 0. The van der Waals surface area contributed by atoms with Gasteiger partial charge in [0.15, 0.2) is 0 Å². The van der Waals surface area contributed by atoms with Crippen LogP contribution in [-0.2, 0) is 9.53 Å². The average molecular weight is 185 g/mol. The number of carboxylic acid groups (broad SMARTS) is 1. The maximum atomic E-state index is 10.4. The van der Waals surface area contributed by atoms with Gasteiger partial charge in [0.25, 0.3) is 0 Å². The third kappa shape index (κ3) is 2.00. The van der Waals surface area contributed by atoms with Gasteiger partial charge in [0, 0.05) is 31.5 Å². The second kappa shape index (κ2) is 3.64. The molecule has 4 heteroatoms. The molecule has 0 radical (unpaired) electrons. The number of hydrogen-bond donors (Lipinski definition) is 1. The van der Waals surface area contributed by atoms with Gasteiger partial charge in [0.1, 0.15) is 0 Å². The van der Waals surface area contributed by atoms with Crippen LogP contribution in [0, 0.1) is 11.8 Å². The van der Waals surface area contributed by atoms with Crippen molar-refractivity contribution in [3.63, 3.8) is 0 Å². The Hall–Kier alpha value is -0.610. The van der Waals surface area contributed by atoms with Crippen molar-refractivity contribution in [3.8, 4) is 0 Å². The lowest BCUT2D eigenvalue weighted by atomic mass is 10.0. The quantitative estimate of drug-likeness (QED) is 0.674. The maximum absolute atomic E-state index is 10.4. The number of aliphatic carboxylic acids is 1. The highest BCUT2D eigenvalue weighted by atomic mass is 16.5. The van der Waals surface area contributed by atoms with Crippen molar-refractivity contribution in [1.82, 2.24) is 4.90 Å². The first-order valence-electron chi connectivity index (χ1n) is 4.77. The van der Waals surface area contributed by atoms with Gasteiger partial charge in [-0.3, -0.25) is 4.79 Å². The summed E-state index contributed by atoms with van der Waals surface area (Å²) in [4.78, 5) is 12.6. The molecule has 0 amide bonds. The van der Waals surface area contributed by atoms with E-state index in [0.29, 0.717) is 18.4 Å². The van der Waals surface area contributed by atoms with Gasteiger partial charge in [0.2, 0.25) is 0 Å². The molecule has 2 rings (SSSR count). The summed E-state index contributed by atoms with van der Waals surface area (Å²) >= 11 is 0. The van der Waals surface area contributed by atoms with E-state index in [1.54, 1.807) is 0 Å². The van der Waals surface area contributed by atoms with Crippen LogP contribution in [0.3, 0.4) is 0 Å². The van der Waals surface area contributed by atoms with E-state index in [0.717, 1.165) is 26.3 Å². The molecule has 2 fully saturated rings. The molecule has 0 saturated carbocycles. The molecule has 2 heterocycles. The van der Waals surface area contributed by atoms with Gasteiger partial charge < -0.3 is 14.7 Å². The number of nitrogens with zero attached hydrogens (tertiary/aromatic N) is 1. The summed E-state index contributed by atoms with van der Waals surface area (Å²) in [6.45, 7) is 4.49. The van der Waals surface area contributed by atoms with Crippen LogP contribution in [0.4, 0.5) is 0 Å². The number of likely N-dealkylation sites (tertiary alicyclic amines) is 1. The summed E-state index contributed by atoms with van der Waals surface area (Å²) < 4.78 is 5.34. The molecular weight excluding hydrogens is 170 g/mol. The van der Waals surface area contributed by atoms with Crippen LogP contribution in [0.15, 0.2) is 0 Å². The molecule has 0 aromatic heterocycles. The van der Waals surface area contributed by atoms with Crippen LogP contribution >= 0.6 is 0 Å². The van der Waals surface area contributed by atoms with Crippen molar-refractivity contribution < 1.29 is 14.6 Å². The van der Waals surface area contributed by atoms with Gasteiger partial charge >= 0.3 is 5.97 Å². The van der Waals surface area contributed by atoms with Gasteiger partial charge in [0.05, 0.1) is 19.6 Å². The van der Waals surface area contributed by atoms with Crippen molar-refractivity contribution >= 4 is 5.97 Å². The molecule has 0 aromatic rings. The van der Waals surface area contributed by atoms with E-state index in [4.69, 9.17) is 9.84 Å². The minimum Gasteiger partial charge on any atom is -0.481 e. The molecular formula is C9H15NO3. The van der Waals surface area contributed by atoms with Crippen LogP contribution in [0.5, 0.6) is 0 Å². The number of hydrogen-bond acceptors (Lipinski definition) is 3. The van der Waals surface area contributed by atoms with E-state index < -0.39 is 5.97 Å². The van der Waals surface area contributed by atoms with E-state index in [-0.39, 0.29) is 6.42 Å². The fourth-order valence-electron chi connectivity index (χ4n) is 2.22. The average Bonchev–Trinajstić information content (AvgIpc) is 2.58. The Balaban J connectivity index is 1.75. The second-order valence-electron chi connectivity index (χ2n) is 3.96. The molecule has 0 aliphatic carbocycles. The number of fused-ring (bicyclic) bond motifs is 1. The number of carboxylic acids is 1. The fourth-order valence-corrected chi connectivity index (χ4v) is 2.22. The minimum atomic E-state index is -0.701. The Kier molecular flexibility index (Phi) is 2.51. The zero-order valence-corrected chi connectivity index (χ0v) is 7.61. The van der Waals surface area contributed by atoms with Crippen molar-refractivity contribution in [1.29, 1.82) is 0 Å². The van der Waals surface area contributed by atoms with Crippen LogP contribution in [0.25, 0.3) is 0 Å². The van der Waals surface area contributed by atoms with Crippen molar-refractivity contribution in [2.24, 2.45) is 11.8 Å². The molecule has 2 aliphatic rings. The third-order valence-electron chi connectivity index (χ3n) is 2.96. The number of ether oxygens (including phenoxy) is 1. The largest absolute Gasteiger partial charge is 0.481 e. The Morgan fingerprint density at radius 3 is 2.54 bits per heavy atom. The van der Waals surface area contributed by atoms with E-state index in [2.05, 4.69) is 4.90 Å². The lowest BCUT2D eigenvalue weighted by Crippen LogP contribution is -2.25. The molecule has 2 saturated heterocycles. The predicted octanol–water partition coefficient (Wildman–Crippen LogP) is 0.0393. The standard InChI is InChI=1S/C9H15NO3/c11-9(12)1-2-10-3-7-5-13-6-8(7)4-10/h7-8H,1-6H2,(H,11,12). The zero-order chi connectivity index (χ0) is 9.26. The van der Waals surface area contributed by atoms with E-state index in [1.165, 1.54) is 0 Å². The molecule has 2 atom stereocenters. The fraction of sp³-hybridized carbons (Fsp3) is 0.889. The van der Waals surface area contributed by atoms with Gasteiger partial charge in [-0.25, -0.2) is 0 Å². The Bertz CT molecular complexity index is 195. The van der Waals surface area contributed by atoms with Gasteiger partial charge in [-0.1, -0.05) is 0 Å². The molecule has 74 valence electrons. The monoisotopic (exact) mass is 185 g/mol. The lowest BCUT2D eigenvalue weighted by Gasteiger charge is -2.14. The molecule has 2 unspecified atom stereocenters. The molecule has 0 bridgehead atoms. The molecule has 2 aliphatic heterocycles. The Morgan fingerprint density at radius 1 is 1.38 bits per heavy atom. The van der Waals surface area contributed by atoms with Gasteiger partial charge in [-0.05, 0) is 0 Å². The van der Waals surface area contributed by atoms with E-state index >= 15 is 0 Å². The highest BCUT2D eigenvalue weighted by molar-refractivity contribution is 5.66. The number of rotatable bonds is 3. The summed E-state index contributed by atoms with van der Waals surface area (Å²) in [6.07, 6.45) is 0.264. The first-order chi connectivity index (χ1) is 6.25. The number of carbonyl (C=O) groups is 1. The highest BCUT2D eigenvalue weighted by Crippen LogP contribution is 2.28. The molecule has 13 heavy (non-hydrogen) atoms. The van der Waals surface area contributed by atoms with Crippen LogP contribution in [0.1, 0.15) is 6.42 Å². The molecule has 0 spiro atoms. The van der Waals surface area contributed by atoms with Gasteiger partial charge in [-0.2, -0.15) is 0 Å². The first kappa shape index (κ1) is 8.97.